The molecule has 2 aliphatic heterocycles. The Labute approximate surface area is 330 Å². The number of nitrogens with zero attached hydrogens (tertiary/aromatic N) is 3. The van der Waals surface area contributed by atoms with Crippen molar-refractivity contribution in [3.05, 3.63) is 166 Å². The maximum absolute atomic E-state index is 13.9. The Morgan fingerprint density at radius 3 is 1.86 bits per heavy atom. The molecular formula is C42H33N5O7S2. The summed E-state index contributed by atoms with van der Waals surface area (Å²) in [4.78, 5) is 65.2. The van der Waals surface area contributed by atoms with E-state index < -0.39 is 54.0 Å². The quantitative estimate of drug-likeness (QED) is 0.0520. The number of thioether (sulfide) groups is 1. The van der Waals surface area contributed by atoms with E-state index in [0.717, 1.165) is 33.6 Å². The number of β-lactam (4-membered cyclic amide) rings is 1. The van der Waals surface area contributed by atoms with Crippen molar-refractivity contribution in [2.24, 2.45) is 5.16 Å². The minimum Gasteiger partial charge on any atom is -0.450 e. The Hall–Kier alpha value is -6.69. The average molecular weight is 784 g/mol. The van der Waals surface area contributed by atoms with Gasteiger partial charge in [0, 0.05) is 16.7 Å². The van der Waals surface area contributed by atoms with Gasteiger partial charge in [-0.3, -0.25) is 14.5 Å². The van der Waals surface area contributed by atoms with Crippen LogP contribution in [0, 0.1) is 12.3 Å². The van der Waals surface area contributed by atoms with Gasteiger partial charge >= 0.3 is 11.9 Å². The Kier molecular flexibility index (Phi) is 11.5. The summed E-state index contributed by atoms with van der Waals surface area (Å²) in [6.45, 7) is -0.640. The number of rotatable bonds is 13. The molecule has 0 bridgehead atoms. The van der Waals surface area contributed by atoms with E-state index in [4.69, 9.17) is 26.5 Å². The van der Waals surface area contributed by atoms with Crippen LogP contribution < -0.4 is 11.1 Å². The first-order valence-corrected chi connectivity index (χ1v) is 19.2. The Morgan fingerprint density at radius 2 is 1.38 bits per heavy atom. The van der Waals surface area contributed by atoms with Crippen LogP contribution in [0.15, 0.2) is 143 Å². The molecule has 2 amide bonds. The molecular weight excluding hydrogens is 751 g/mol. The van der Waals surface area contributed by atoms with Gasteiger partial charge in [-0.1, -0.05) is 132 Å². The summed E-state index contributed by atoms with van der Waals surface area (Å²) in [6, 6.07) is 35.8. The van der Waals surface area contributed by atoms with Gasteiger partial charge in [0.1, 0.15) is 22.8 Å². The van der Waals surface area contributed by atoms with Crippen molar-refractivity contribution < 1.29 is 33.5 Å². The van der Waals surface area contributed by atoms with E-state index in [-0.39, 0.29) is 33.6 Å². The predicted octanol–water partition coefficient (Wildman–Crippen LogP) is 5.40. The zero-order valence-electron chi connectivity index (χ0n) is 29.5. The number of carbonyl (C=O) groups is 4. The number of nitrogens with one attached hydrogen (secondary N) is 1. The molecule has 0 spiro atoms. The number of ether oxygens (including phenoxy) is 2. The van der Waals surface area contributed by atoms with Crippen LogP contribution in [0.4, 0.5) is 5.13 Å². The van der Waals surface area contributed by atoms with E-state index in [2.05, 4.69) is 21.4 Å². The number of oxime groups is 1. The highest BCUT2D eigenvalue weighted by Gasteiger charge is 2.55. The summed E-state index contributed by atoms with van der Waals surface area (Å²) in [5, 5.41) is 7.60. The van der Waals surface area contributed by atoms with Crippen molar-refractivity contribution in [1.82, 2.24) is 15.2 Å². The second-order valence-electron chi connectivity index (χ2n) is 12.4. The van der Waals surface area contributed by atoms with Crippen molar-refractivity contribution in [2.75, 3.05) is 18.1 Å². The number of benzene rings is 4. The van der Waals surface area contributed by atoms with E-state index in [9.17, 15) is 19.2 Å². The highest BCUT2D eigenvalue weighted by atomic mass is 32.2. The molecule has 280 valence electrons. The van der Waals surface area contributed by atoms with Crippen LogP contribution in [0.5, 0.6) is 0 Å². The van der Waals surface area contributed by atoms with Gasteiger partial charge in [0.15, 0.2) is 23.1 Å². The largest absolute Gasteiger partial charge is 0.450 e. The number of hydrogen-bond donors (Lipinski definition) is 2. The number of anilines is 1. The van der Waals surface area contributed by atoms with E-state index in [1.54, 1.807) is 0 Å². The molecule has 7 rings (SSSR count). The molecule has 4 aromatic carbocycles. The summed E-state index contributed by atoms with van der Waals surface area (Å²) >= 11 is 2.35. The zero-order chi connectivity index (χ0) is 39.0. The van der Waals surface area contributed by atoms with E-state index in [1.807, 2.05) is 121 Å². The predicted molar refractivity (Wildman–Crippen MR) is 212 cm³/mol. The van der Waals surface area contributed by atoms with Crippen molar-refractivity contribution >= 4 is 57.7 Å². The molecule has 1 saturated heterocycles. The Bertz CT molecular complexity index is 2250. The minimum atomic E-state index is -1.07. The Morgan fingerprint density at radius 1 is 0.857 bits per heavy atom. The number of fused-ring (bicyclic) bond motifs is 1. The lowest BCUT2D eigenvalue weighted by atomic mass is 10.0. The summed E-state index contributed by atoms with van der Waals surface area (Å²) < 4.78 is 11.9. The summed E-state index contributed by atoms with van der Waals surface area (Å²) in [7, 11) is 0. The van der Waals surface area contributed by atoms with E-state index >= 15 is 0 Å². The fraction of sp³-hybridized carbons (Fsp3) is 0.143. The highest BCUT2D eigenvalue weighted by Crippen LogP contribution is 2.41. The molecule has 5 aromatic rings. The first-order valence-electron chi connectivity index (χ1n) is 17.3. The second kappa shape index (κ2) is 17.2. The lowest BCUT2D eigenvalue weighted by Gasteiger charge is -2.49. The zero-order valence-corrected chi connectivity index (χ0v) is 31.2. The van der Waals surface area contributed by atoms with Gasteiger partial charge in [-0.05, 0) is 22.3 Å². The van der Waals surface area contributed by atoms with Crippen LogP contribution in [0.1, 0.15) is 40.2 Å². The summed E-state index contributed by atoms with van der Waals surface area (Å²) in [5.41, 5.74) is 8.79. The summed E-state index contributed by atoms with van der Waals surface area (Å²) in [5.74, 6) is -0.176. The van der Waals surface area contributed by atoms with Crippen molar-refractivity contribution in [3.8, 4) is 12.3 Å². The number of amides is 2. The molecule has 56 heavy (non-hydrogen) atoms. The molecule has 3 heterocycles. The lowest BCUT2D eigenvalue weighted by molar-refractivity contribution is -0.154. The van der Waals surface area contributed by atoms with Gasteiger partial charge in [0.25, 0.3) is 11.8 Å². The second-order valence-corrected chi connectivity index (χ2v) is 14.4. The number of carbonyl (C=O) groups excluding carboxylic acids is 4. The standard InChI is InChI=1S/C42H33N5O7S2/c1-2-26-24-55-40-34(39(50)47(40)35(26)41(51)54-37(29-19-11-5-12-20-29)30-21-13-6-14-22-30)45-38(49)33(31-25-56-42(43)44-31)46-52-23-32(48)53-36(27-15-7-3-8-16-27)28-17-9-4-10-18-28/h1,3-22,25,34,36-37,40H,23-24H2,(H2,43,44)(H,45,49)/b46-33+/t34?,40-/m1/s1. The Balaban J connectivity index is 1.05. The van der Waals surface area contributed by atoms with Crippen molar-refractivity contribution in [2.45, 2.75) is 23.6 Å². The third-order valence-electron chi connectivity index (χ3n) is 8.82. The number of terminal acetylenes is 1. The van der Waals surface area contributed by atoms with Crippen LogP contribution in [0.25, 0.3) is 0 Å². The average Bonchev–Trinajstić information content (AvgIpc) is 3.68. The molecule has 0 radical (unpaired) electrons. The van der Waals surface area contributed by atoms with E-state index in [1.165, 1.54) is 22.0 Å². The third-order valence-corrected chi connectivity index (χ3v) is 10.8. The topological polar surface area (TPSA) is 163 Å². The fourth-order valence-corrected chi connectivity index (χ4v) is 8.02. The SMILES string of the molecule is C#CC1=C(C(=O)OC(c2ccccc2)c2ccccc2)N2C(=O)C(NC(=O)/C(=N/OCC(=O)OC(c3ccccc3)c3ccccc3)c3csc(N)n3)[C@H]2SC1. The molecule has 3 N–H and O–H groups in total. The maximum atomic E-state index is 13.9. The molecule has 1 unspecified atom stereocenters. The lowest BCUT2D eigenvalue weighted by Crippen LogP contribution is -2.71. The number of aromatic nitrogens is 1. The van der Waals surface area contributed by atoms with Crippen LogP contribution >= 0.6 is 23.1 Å². The van der Waals surface area contributed by atoms with Crippen LogP contribution in [-0.4, -0.2) is 63.1 Å². The monoisotopic (exact) mass is 783 g/mol. The number of esters is 2. The van der Waals surface area contributed by atoms with E-state index in [0.29, 0.717) is 0 Å². The summed E-state index contributed by atoms with van der Waals surface area (Å²) in [6.07, 6.45) is 4.33. The normalized spacial score (nSPS) is 16.4. The van der Waals surface area contributed by atoms with Crippen LogP contribution in [0.2, 0.25) is 0 Å². The molecule has 0 aliphatic carbocycles. The first kappa shape index (κ1) is 37.6. The molecule has 2 atom stereocenters. The molecule has 0 saturated carbocycles. The van der Waals surface area contributed by atoms with Crippen molar-refractivity contribution in [3.63, 3.8) is 0 Å². The molecule has 14 heteroatoms. The number of nitrogens with two attached hydrogens (primary N) is 1. The molecule has 1 fully saturated rings. The van der Waals surface area contributed by atoms with Gasteiger partial charge in [0.05, 0.1) is 0 Å². The number of hydrogen-bond acceptors (Lipinski definition) is 12. The van der Waals surface area contributed by atoms with Crippen molar-refractivity contribution in [1.29, 1.82) is 0 Å². The number of nitrogen functional groups attached to an aromatic ring is 1. The molecule has 1 aromatic heterocycles. The number of thiazole rings is 1. The van der Waals surface area contributed by atoms with Gasteiger partial charge in [0.2, 0.25) is 6.61 Å². The molecule has 12 nitrogen and oxygen atoms in total. The minimum absolute atomic E-state index is 0.0593. The fourth-order valence-electron chi connectivity index (χ4n) is 6.18. The smallest absolute Gasteiger partial charge is 0.357 e. The third kappa shape index (κ3) is 8.19. The maximum Gasteiger partial charge on any atom is 0.357 e. The van der Waals surface area contributed by atoms with Gasteiger partial charge in [-0.25, -0.2) is 14.6 Å². The van der Waals surface area contributed by atoms with Gasteiger partial charge in [-0.15, -0.1) is 29.5 Å². The first-order chi connectivity index (χ1) is 27.3. The van der Waals surface area contributed by atoms with Crippen LogP contribution in [-0.2, 0) is 33.5 Å². The van der Waals surface area contributed by atoms with Crippen LogP contribution in [0.3, 0.4) is 0 Å². The highest BCUT2D eigenvalue weighted by molar-refractivity contribution is 8.00. The van der Waals surface area contributed by atoms with Gasteiger partial charge < -0.3 is 25.4 Å². The van der Waals surface area contributed by atoms with Gasteiger partial charge in [-0.2, -0.15) is 0 Å². The molecule has 2 aliphatic rings.